The number of esters is 2. The SMILES string of the molecule is CCOC(=O)C(C)C1CCN(c2ncc(NC(=O)C(=O)OC)cc2C)CC1. The Morgan fingerprint density at radius 1 is 1.33 bits per heavy atom. The standard InChI is InChI=1S/C19H27N3O5/c1-5-27-18(24)13(3)14-6-8-22(9-7-14)16-12(2)10-15(11-20-16)21-17(23)19(25)26-4/h10-11,13-14H,5-9H2,1-4H3,(H,21,23). The number of carbonyl (C=O) groups is 3. The van der Waals surface area contributed by atoms with E-state index in [1.807, 2.05) is 20.8 Å². The number of methoxy groups -OCH3 is 1. The van der Waals surface area contributed by atoms with Crippen molar-refractivity contribution in [3.63, 3.8) is 0 Å². The Hall–Kier alpha value is -2.64. The van der Waals surface area contributed by atoms with E-state index in [1.54, 1.807) is 6.07 Å². The topological polar surface area (TPSA) is 97.8 Å². The molecule has 1 aliphatic heterocycles. The van der Waals surface area contributed by atoms with E-state index in [0.717, 1.165) is 44.4 Å². The molecule has 2 heterocycles. The molecule has 1 unspecified atom stereocenters. The highest BCUT2D eigenvalue weighted by Gasteiger charge is 2.29. The maximum absolute atomic E-state index is 11.9. The molecule has 1 aromatic rings. The van der Waals surface area contributed by atoms with Crippen LogP contribution in [0.25, 0.3) is 0 Å². The van der Waals surface area contributed by atoms with Crippen molar-refractivity contribution in [1.29, 1.82) is 0 Å². The van der Waals surface area contributed by atoms with Crippen LogP contribution in [0.5, 0.6) is 0 Å². The van der Waals surface area contributed by atoms with E-state index in [-0.39, 0.29) is 11.9 Å². The summed E-state index contributed by atoms with van der Waals surface area (Å²) in [5.74, 6) is -0.865. The molecule has 1 aromatic heterocycles. The smallest absolute Gasteiger partial charge is 0.396 e. The van der Waals surface area contributed by atoms with E-state index < -0.39 is 11.9 Å². The minimum atomic E-state index is -0.950. The van der Waals surface area contributed by atoms with Gasteiger partial charge in [0, 0.05) is 13.1 Å². The van der Waals surface area contributed by atoms with Gasteiger partial charge in [-0.25, -0.2) is 9.78 Å². The Morgan fingerprint density at radius 2 is 2.00 bits per heavy atom. The molecule has 0 spiro atoms. The molecule has 0 aliphatic carbocycles. The Kier molecular flexibility index (Phi) is 7.15. The van der Waals surface area contributed by atoms with Crippen LogP contribution in [-0.4, -0.2) is 49.6 Å². The average molecular weight is 377 g/mol. The predicted octanol–water partition coefficient (Wildman–Crippen LogP) is 1.92. The number of pyridine rings is 1. The van der Waals surface area contributed by atoms with Crippen molar-refractivity contribution >= 4 is 29.4 Å². The minimum absolute atomic E-state index is 0.0999. The summed E-state index contributed by atoms with van der Waals surface area (Å²) in [6.45, 7) is 7.67. The summed E-state index contributed by atoms with van der Waals surface area (Å²) >= 11 is 0. The number of aromatic nitrogens is 1. The van der Waals surface area contributed by atoms with Crippen LogP contribution in [0.2, 0.25) is 0 Å². The number of rotatable bonds is 5. The summed E-state index contributed by atoms with van der Waals surface area (Å²) < 4.78 is 9.51. The second-order valence-corrected chi connectivity index (χ2v) is 6.68. The molecule has 1 N–H and O–H groups in total. The number of anilines is 2. The molecule has 1 saturated heterocycles. The summed E-state index contributed by atoms with van der Waals surface area (Å²) in [6, 6.07) is 1.77. The molecular weight excluding hydrogens is 350 g/mol. The third-order valence-corrected chi connectivity index (χ3v) is 4.88. The normalized spacial score (nSPS) is 15.8. The maximum atomic E-state index is 11.9. The molecule has 1 fully saturated rings. The van der Waals surface area contributed by atoms with Crippen LogP contribution in [0.15, 0.2) is 12.3 Å². The number of hydrogen-bond donors (Lipinski definition) is 1. The van der Waals surface area contributed by atoms with Gasteiger partial charge in [-0.3, -0.25) is 9.59 Å². The van der Waals surface area contributed by atoms with Crippen molar-refractivity contribution in [2.24, 2.45) is 11.8 Å². The van der Waals surface area contributed by atoms with Gasteiger partial charge in [-0.15, -0.1) is 0 Å². The number of amides is 1. The molecular formula is C19H27N3O5. The largest absolute Gasteiger partial charge is 0.466 e. The first-order chi connectivity index (χ1) is 12.9. The lowest BCUT2D eigenvalue weighted by Gasteiger charge is -2.35. The molecule has 0 aromatic carbocycles. The molecule has 0 saturated carbocycles. The van der Waals surface area contributed by atoms with Gasteiger partial charge in [0.1, 0.15) is 5.82 Å². The van der Waals surface area contributed by atoms with E-state index in [1.165, 1.54) is 6.20 Å². The zero-order valence-electron chi connectivity index (χ0n) is 16.3. The fourth-order valence-electron chi connectivity index (χ4n) is 3.32. The molecule has 0 radical (unpaired) electrons. The number of nitrogens with zero attached hydrogens (tertiary/aromatic N) is 2. The van der Waals surface area contributed by atoms with Crippen molar-refractivity contribution in [3.05, 3.63) is 17.8 Å². The first kappa shape index (κ1) is 20.7. The first-order valence-corrected chi connectivity index (χ1v) is 9.14. The van der Waals surface area contributed by atoms with Gasteiger partial charge in [0.2, 0.25) is 0 Å². The van der Waals surface area contributed by atoms with E-state index in [2.05, 4.69) is 19.9 Å². The van der Waals surface area contributed by atoms with Crippen LogP contribution in [0.4, 0.5) is 11.5 Å². The molecule has 8 nitrogen and oxygen atoms in total. The van der Waals surface area contributed by atoms with Gasteiger partial charge in [-0.2, -0.15) is 0 Å². The molecule has 2 rings (SSSR count). The van der Waals surface area contributed by atoms with Gasteiger partial charge in [-0.1, -0.05) is 6.92 Å². The van der Waals surface area contributed by atoms with Gasteiger partial charge in [-0.05, 0) is 44.2 Å². The average Bonchev–Trinajstić information content (AvgIpc) is 2.67. The van der Waals surface area contributed by atoms with Crippen molar-refractivity contribution in [2.45, 2.75) is 33.6 Å². The molecule has 0 bridgehead atoms. The lowest BCUT2D eigenvalue weighted by Crippen LogP contribution is -2.38. The molecule has 1 aliphatic rings. The van der Waals surface area contributed by atoms with Gasteiger partial charge in [0.15, 0.2) is 0 Å². The second-order valence-electron chi connectivity index (χ2n) is 6.68. The van der Waals surface area contributed by atoms with E-state index in [0.29, 0.717) is 18.2 Å². The Morgan fingerprint density at radius 3 is 2.56 bits per heavy atom. The van der Waals surface area contributed by atoms with Crippen molar-refractivity contribution in [1.82, 2.24) is 4.98 Å². The highest BCUT2D eigenvalue weighted by molar-refractivity contribution is 6.37. The fraction of sp³-hybridized carbons (Fsp3) is 0.579. The fourth-order valence-corrected chi connectivity index (χ4v) is 3.32. The lowest BCUT2D eigenvalue weighted by atomic mass is 9.85. The highest BCUT2D eigenvalue weighted by atomic mass is 16.5. The quantitative estimate of drug-likeness (QED) is 0.618. The number of aryl methyl sites for hydroxylation is 1. The predicted molar refractivity (Wildman–Crippen MR) is 100 cm³/mol. The van der Waals surface area contributed by atoms with Gasteiger partial charge >= 0.3 is 17.8 Å². The molecule has 1 amide bonds. The van der Waals surface area contributed by atoms with Gasteiger partial charge in [0.05, 0.1) is 31.5 Å². The van der Waals surface area contributed by atoms with Crippen LogP contribution >= 0.6 is 0 Å². The van der Waals surface area contributed by atoms with E-state index in [9.17, 15) is 14.4 Å². The summed E-state index contributed by atoms with van der Waals surface area (Å²) in [7, 11) is 1.15. The van der Waals surface area contributed by atoms with Gasteiger partial charge < -0.3 is 19.7 Å². The van der Waals surface area contributed by atoms with Crippen LogP contribution in [-0.2, 0) is 23.9 Å². The van der Waals surface area contributed by atoms with Crippen LogP contribution in [0.3, 0.4) is 0 Å². The Labute approximate surface area is 159 Å². The molecule has 27 heavy (non-hydrogen) atoms. The summed E-state index contributed by atoms with van der Waals surface area (Å²) in [6.07, 6.45) is 3.31. The number of ether oxygens (including phenoxy) is 2. The summed E-state index contributed by atoms with van der Waals surface area (Å²) in [5.41, 5.74) is 1.34. The third kappa shape index (κ3) is 5.18. The number of hydrogen-bond acceptors (Lipinski definition) is 7. The maximum Gasteiger partial charge on any atom is 0.396 e. The van der Waals surface area contributed by atoms with E-state index in [4.69, 9.17) is 4.74 Å². The molecule has 1 atom stereocenters. The number of carbonyl (C=O) groups excluding carboxylic acids is 3. The third-order valence-electron chi connectivity index (χ3n) is 4.88. The van der Waals surface area contributed by atoms with Crippen LogP contribution in [0.1, 0.15) is 32.3 Å². The minimum Gasteiger partial charge on any atom is -0.466 e. The van der Waals surface area contributed by atoms with Gasteiger partial charge in [0.25, 0.3) is 0 Å². The first-order valence-electron chi connectivity index (χ1n) is 9.14. The number of piperidine rings is 1. The zero-order valence-corrected chi connectivity index (χ0v) is 16.3. The Balaban J connectivity index is 1.97. The summed E-state index contributed by atoms with van der Waals surface area (Å²) in [5, 5.41) is 2.46. The summed E-state index contributed by atoms with van der Waals surface area (Å²) in [4.78, 5) is 41.3. The van der Waals surface area contributed by atoms with Crippen LogP contribution < -0.4 is 10.2 Å². The Bertz CT molecular complexity index is 699. The zero-order chi connectivity index (χ0) is 20.0. The molecule has 148 valence electrons. The van der Waals surface area contributed by atoms with Crippen molar-refractivity contribution in [2.75, 3.05) is 37.0 Å². The molecule has 8 heteroatoms. The second kappa shape index (κ2) is 9.34. The highest BCUT2D eigenvalue weighted by Crippen LogP contribution is 2.30. The van der Waals surface area contributed by atoms with Crippen molar-refractivity contribution < 1.29 is 23.9 Å². The lowest BCUT2D eigenvalue weighted by molar-refractivity contribution is -0.150. The van der Waals surface area contributed by atoms with Crippen LogP contribution in [0, 0.1) is 18.8 Å². The number of nitrogens with one attached hydrogen (secondary N) is 1. The monoisotopic (exact) mass is 377 g/mol. The van der Waals surface area contributed by atoms with E-state index >= 15 is 0 Å². The van der Waals surface area contributed by atoms with Crippen molar-refractivity contribution in [3.8, 4) is 0 Å².